The van der Waals surface area contributed by atoms with Gasteiger partial charge >= 0.3 is 0 Å². The fourth-order valence-electron chi connectivity index (χ4n) is 3.24. The van der Waals surface area contributed by atoms with Crippen molar-refractivity contribution in [1.82, 2.24) is 14.8 Å². The molecule has 0 aliphatic heterocycles. The highest BCUT2D eigenvalue weighted by atomic mass is 16.5. The number of ether oxygens (including phenoxy) is 1. The van der Waals surface area contributed by atoms with Crippen molar-refractivity contribution < 1.29 is 4.74 Å². The number of H-pyrrole nitrogens is 1. The molecule has 2 aromatic heterocycles. The average molecular weight is 370 g/mol. The largest absolute Gasteiger partial charge is 0.378 e. The SMILES string of the molecule is COCc1ccn(Cc2ccc(-c3cc4c(C#N)cccc4c(=O)[nH]3)cc2)n1. The van der Waals surface area contributed by atoms with Gasteiger partial charge in [-0.15, -0.1) is 0 Å². The maximum absolute atomic E-state index is 12.4. The second-order valence-electron chi connectivity index (χ2n) is 6.53. The Balaban J connectivity index is 1.63. The van der Waals surface area contributed by atoms with Crippen molar-refractivity contribution in [2.24, 2.45) is 0 Å². The number of aromatic amines is 1. The molecule has 0 amide bonds. The van der Waals surface area contributed by atoms with Gasteiger partial charge < -0.3 is 9.72 Å². The standard InChI is InChI=1S/C22H18N4O2/c1-28-14-18-9-10-26(25-18)13-15-5-7-16(8-6-15)21-11-20-17(12-23)3-2-4-19(20)22(27)24-21/h2-11H,13-14H2,1H3,(H,24,27). The van der Waals surface area contributed by atoms with Crippen LogP contribution >= 0.6 is 0 Å². The number of pyridine rings is 1. The third-order valence-electron chi connectivity index (χ3n) is 4.61. The number of hydrogen-bond acceptors (Lipinski definition) is 4. The van der Waals surface area contributed by atoms with Crippen molar-refractivity contribution in [3.05, 3.63) is 88.0 Å². The van der Waals surface area contributed by atoms with Gasteiger partial charge in [0.2, 0.25) is 0 Å². The molecule has 6 nitrogen and oxygen atoms in total. The summed E-state index contributed by atoms with van der Waals surface area (Å²) in [6.07, 6.45) is 1.92. The van der Waals surface area contributed by atoms with Gasteiger partial charge in [0.25, 0.3) is 5.56 Å². The lowest BCUT2D eigenvalue weighted by Crippen LogP contribution is -2.08. The van der Waals surface area contributed by atoms with E-state index in [2.05, 4.69) is 16.2 Å². The number of nitriles is 1. The first kappa shape index (κ1) is 17.7. The predicted octanol–water partition coefficient (Wildman–Crippen LogP) is 3.46. The van der Waals surface area contributed by atoms with Gasteiger partial charge in [0.15, 0.2) is 0 Å². The Labute approximate surface area is 161 Å². The summed E-state index contributed by atoms with van der Waals surface area (Å²) in [5.74, 6) is 0. The maximum atomic E-state index is 12.4. The summed E-state index contributed by atoms with van der Waals surface area (Å²) in [7, 11) is 1.65. The van der Waals surface area contributed by atoms with Crippen LogP contribution in [0, 0.1) is 11.3 Å². The fourth-order valence-corrected chi connectivity index (χ4v) is 3.24. The molecule has 0 bridgehead atoms. The van der Waals surface area contributed by atoms with Gasteiger partial charge in [-0.25, -0.2) is 0 Å². The second kappa shape index (κ2) is 7.51. The van der Waals surface area contributed by atoms with Gasteiger partial charge in [-0.3, -0.25) is 9.48 Å². The highest BCUT2D eigenvalue weighted by Gasteiger charge is 2.08. The molecule has 138 valence electrons. The third-order valence-corrected chi connectivity index (χ3v) is 4.61. The van der Waals surface area contributed by atoms with Crippen molar-refractivity contribution in [3.63, 3.8) is 0 Å². The third kappa shape index (κ3) is 3.43. The number of nitrogens with one attached hydrogen (secondary N) is 1. The summed E-state index contributed by atoms with van der Waals surface area (Å²) in [5.41, 5.74) is 3.85. The van der Waals surface area contributed by atoms with E-state index >= 15 is 0 Å². The van der Waals surface area contributed by atoms with E-state index in [-0.39, 0.29) is 5.56 Å². The average Bonchev–Trinajstić information content (AvgIpc) is 3.15. The molecule has 0 radical (unpaired) electrons. The molecule has 0 spiro atoms. The van der Waals surface area contributed by atoms with E-state index in [0.717, 1.165) is 16.8 Å². The fraction of sp³-hybridized carbons (Fsp3) is 0.136. The van der Waals surface area contributed by atoms with Crippen LogP contribution in [0.3, 0.4) is 0 Å². The van der Waals surface area contributed by atoms with Crippen molar-refractivity contribution in [1.29, 1.82) is 5.26 Å². The van der Waals surface area contributed by atoms with Crippen LogP contribution < -0.4 is 5.56 Å². The first-order chi connectivity index (χ1) is 13.7. The molecule has 0 fully saturated rings. The first-order valence-electron chi connectivity index (χ1n) is 8.84. The van der Waals surface area contributed by atoms with Crippen LogP contribution in [0.4, 0.5) is 0 Å². The van der Waals surface area contributed by atoms with Crippen LogP contribution in [0.15, 0.2) is 65.6 Å². The Hall–Kier alpha value is -3.69. The van der Waals surface area contributed by atoms with Crippen molar-refractivity contribution in [2.75, 3.05) is 7.11 Å². The minimum atomic E-state index is -0.198. The van der Waals surface area contributed by atoms with E-state index in [0.29, 0.717) is 35.2 Å². The molecule has 4 rings (SSSR count). The predicted molar refractivity (Wildman–Crippen MR) is 107 cm³/mol. The number of nitrogens with zero attached hydrogens (tertiary/aromatic N) is 3. The van der Waals surface area contributed by atoms with Gasteiger partial charge in [0.05, 0.1) is 30.5 Å². The number of hydrogen-bond donors (Lipinski definition) is 1. The smallest absolute Gasteiger partial charge is 0.256 e. The van der Waals surface area contributed by atoms with Crippen molar-refractivity contribution in [3.8, 4) is 17.3 Å². The molecular formula is C22H18N4O2. The molecule has 1 N–H and O–H groups in total. The van der Waals surface area contributed by atoms with E-state index < -0.39 is 0 Å². The molecule has 28 heavy (non-hydrogen) atoms. The summed E-state index contributed by atoms with van der Waals surface area (Å²) in [6, 6.07) is 19.0. The lowest BCUT2D eigenvalue weighted by molar-refractivity contribution is 0.181. The first-order valence-corrected chi connectivity index (χ1v) is 8.84. The van der Waals surface area contributed by atoms with Crippen LogP contribution in [0.1, 0.15) is 16.8 Å². The van der Waals surface area contributed by atoms with Crippen LogP contribution in [0.2, 0.25) is 0 Å². The normalized spacial score (nSPS) is 10.9. The van der Waals surface area contributed by atoms with Crippen LogP contribution in [0.25, 0.3) is 22.0 Å². The van der Waals surface area contributed by atoms with Gasteiger partial charge in [-0.05, 0) is 35.4 Å². The van der Waals surface area contributed by atoms with E-state index in [4.69, 9.17) is 4.74 Å². The topological polar surface area (TPSA) is 83.7 Å². The van der Waals surface area contributed by atoms with Crippen LogP contribution in [-0.4, -0.2) is 21.9 Å². The zero-order valence-electron chi connectivity index (χ0n) is 15.3. The minimum Gasteiger partial charge on any atom is -0.378 e. The Kier molecular flexibility index (Phi) is 4.75. The molecule has 0 unspecified atom stereocenters. The van der Waals surface area contributed by atoms with Gasteiger partial charge in [-0.2, -0.15) is 10.4 Å². The molecule has 0 aliphatic carbocycles. The van der Waals surface area contributed by atoms with Gasteiger partial charge in [-0.1, -0.05) is 30.3 Å². The molecule has 2 heterocycles. The van der Waals surface area contributed by atoms with E-state index in [1.807, 2.05) is 47.3 Å². The number of aromatic nitrogens is 3. The van der Waals surface area contributed by atoms with Crippen LogP contribution in [-0.2, 0) is 17.9 Å². The maximum Gasteiger partial charge on any atom is 0.256 e. The number of methoxy groups -OCH3 is 1. The lowest BCUT2D eigenvalue weighted by atomic mass is 10.0. The molecule has 0 saturated heterocycles. The highest BCUT2D eigenvalue weighted by Crippen LogP contribution is 2.22. The number of fused-ring (bicyclic) bond motifs is 1. The summed E-state index contributed by atoms with van der Waals surface area (Å²) < 4.78 is 6.95. The summed E-state index contributed by atoms with van der Waals surface area (Å²) in [4.78, 5) is 15.3. The second-order valence-corrected chi connectivity index (χ2v) is 6.53. The van der Waals surface area contributed by atoms with E-state index in [1.165, 1.54) is 0 Å². The Bertz CT molecular complexity index is 1230. The summed E-state index contributed by atoms with van der Waals surface area (Å²) >= 11 is 0. The van der Waals surface area contributed by atoms with Gasteiger partial charge in [0.1, 0.15) is 0 Å². The van der Waals surface area contributed by atoms with E-state index in [9.17, 15) is 10.1 Å². The zero-order chi connectivity index (χ0) is 19.5. The Morgan fingerprint density at radius 1 is 1.14 bits per heavy atom. The molecule has 6 heteroatoms. The Morgan fingerprint density at radius 2 is 1.96 bits per heavy atom. The quantitative estimate of drug-likeness (QED) is 0.583. The highest BCUT2D eigenvalue weighted by molar-refractivity contribution is 5.89. The number of rotatable bonds is 5. The van der Waals surface area contributed by atoms with Gasteiger partial charge in [0, 0.05) is 29.8 Å². The summed E-state index contributed by atoms with van der Waals surface area (Å²) in [5, 5.41) is 15.0. The molecular weight excluding hydrogens is 352 g/mol. The van der Waals surface area contributed by atoms with Crippen molar-refractivity contribution in [2.45, 2.75) is 13.2 Å². The summed E-state index contributed by atoms with van der Waals surface area (Å²) in [6.45, 7) is 1.14. The zero-order valence-corrected chi connectivity index (χ0v) is 15.3. The molecule has 4 aromatic rings. The van der Waals surface area contributed by atoms with Crippen LogP contribution in [0.5, 0.6) is 0 Å². The monoisotopic (exact) mass is 370 g/mol. The molecule has 2 aromatic carbocycles. The Morgan fingerprint density at radius 3 is 2.71 bits per heavy atom. The molecule has 0 aliphatic rings. The lowest BCUT2D eigenvalue weighted by Gasteiger charge is -2.07. The van der Waals surface area contributed by atoms with Crippen molar-refractivity contribution >= 4 is 10.8 Å². The molecule has 0 saturated carbocycles. The number of benzene rings is 2. The van der Waals surface area contributed by atoms with E-state index in [1.54, 1.807) is 25.3 Å². The molecule has 0 atom stereocenters. The minimum absolute atomic E-state index is 0.198.